The molecule has 5 nitrogen and oxygen atoms in total. The maximum atomic E-state index is 11.8. The van der Waals surface area contributed by atoms with Gasteiger partial charge in [0.2, 0.25) is 0 Å². The summed E-state index contributed by atoms with van der Waals surface area (Å²) in [6.45, 7) is 5.59. The number of nitrogens with one attached hydrogen (secondary N) is 2. The van der Waals surface area contributed by atoms with E-state index in [1.165, 1.54) is 6.42 Å². The van der Waals surface area contributed by atoms with Gasteiger partial charge in [0.1, 0.15) is 0 Å². The van der Waals surface area contributed by atoms with Crippen molar-refractivity contribution in [3.05, 3.63) is 0 Å². The van der Waals surface area contributed by atoms with Crippen LogP contribution < -0.4 is 15.7 Å². The third kappa shape index (κ3) is 4.20. The largest absolute Gasteiger partial charge is 0.548 e. The standard InChI is InChI=1S/C13H24N2O3/c1-8(2)11(12(16)17)15-13(18)14-10-7-5-4-6-9(10)3/h8-11H,4-7H2,1-3H3,(H,16,17)(H2,14,15,18)/p-1/t9-,10+,11-/m0/s1. The monoisotopic (exact) mass is 255 g/mol. The summed E-state index contributed by atoms with van der Waals surface area (Å²) in [6, 6.07) is -1.20. The Morgan fingerprint density at radius 3 is 2.33 bits per heavy atom. The van der Waals surface area contributed by atoms with Crippen LogP contribution in [0.2, 0.25) is 0 Å². The maximum Gasteiger partial charge on any atom is 0.315 e. The Labute approximate surface area is 108 Å². The number of hydrogen-bond acceptors (Lipinski definition) is 3. The molecule has 1 aliphatic rings. The first kappa shape index (κ1) is 14.8. The molecule has 3 atom stereocenters. The van der Waals surface area contributed by atoms with Crippen molar-refractivity contribution in [2.45, 2.75) is 58.5 Å². The van der Waals surface area contributed by atoms with Gasteiger partial charge in [-0.05, 0) is 24.7 Å². The lowest BCUT2D eigenvalue weighted by molar-refractivity contribution is -0.309. The van der Waals surface area contributed by atoms with Crippen molar-refractivity contribution in [1.82, 2.24) is 10.6 Å². The summed E-state index contributed by atoms with van der Waals surface area (Å²) in [6.07, 6.45) is 4.39. The fourth-order valence-corrected chi connectivity index (χ4v) is 2.38. The zero-order valence-electron chi connectivity index (χ0n) is 11.4. The molecule has 0 saturated heterocycles. The van der Waals surface area contributed by atoms with Gasteiger partial charge in [0.15, 0.2) is 0 Å². The highest BCUT2D eigenvalue weighted by Crippen LogP contribution is 2.23. The Balaban J connectivity index is 2.47. The minimum atomic E-state index is -1.24. The minimum absolute atomic E-state index is 0.147. The molecule has 1 saturated carbocycles. The molecule has 0 aromatic heterocycles. The minimum Gasteiger partial charge on any atom is -0.548 e. The molecule has 0 bridgehead atoms. The first-order valence-electron chi connectivity index (χ1n) is 6.69. The van der Waals surface area contributed by atoms with Crippen LogP contribution in [-0.4, -0.2) is 24.1 Å². The van der Waals surface area contributed by atoms with Gasteiger partial charge in [-0.1, -0.05) is 33.6 Å². The molecule has 2 amide bonds. The van der Waals surface area contributed by atoms with Crippen molar-refractivity contribution < 1.29 is 14.7 Å². The first-order valence-corrected chi connectivity index (χ1v) is 6.69. The quantitative estimate of drug-likeness (QED) is 0.773. The molecule has 1 aliphatic carbocycles. The fraction of sp³-hybridized carbons (Fsp3) is 0.846. The average molecular weight is 255 g/mol. The van der Waals surface area contributed by atoms with E-state index in [1.807, 2.05) is 0 Å². The van der Waals surface area contributed by atoms with Crippen molar-refractivity contribution in [3.8, 4) is 0 Å². The summed E-state index contributed by atoms with van der Waals surface area (Å²) in [5, 5.41) is 16.2. The van der Waals surface area contributed by atoms with Crippen LogP contribution in [0.5, 0.6) is 0 Å². The molecule has 0 spiro atoms. The molecule has 1 rings (SSSR count). The van der Waals surface area contributed by atoms with Crippen molar-refractivity contribution in [2.75, 3.05) is 0 Å². The molecular formula is C13H23N2O3-. The summed E-state index contributed by atoms with van der Waals surface area (Å²) in [7, 11) is 0. The van der Waals surface area contributed by atoms with Crippen LogP contribution in [0.4, 0.5) is 4.79 Å². The number of amides is 2. The number of urea groups is 1. The number of carbonyl (C=O) groups excluding carboxylic acids is 2. The molecule has 2 N–H and O–H groups in total. The molecule has 104 valence electrons. The van der Waals surface area contributed by atoms with Gasteiger partial charge in [0, 0.05) is 6.04 Å². The smallest absolute Gasteiger partial charge is 0.315 e. The van der Waals surface area contributed by atoms with Crippen LogP contribution in [0.3, 0.4) is 0 Å². The molecular weight excluding hydrogens is 232 g/mol. The fourth-order valence-electron chi connectivity index (χ4n) is 2.38. The summed E-state index contributed by atoms with van der Waals surface area (Å²) < 4.78 is 0. The van der Waals surface area contributed by atoms with Gasteiger partial charge >= 0.3 is 6.03 Å². The van der Waals surface area contributed by atoms with Gasteiger partial charge in [-0.15, -0.1) is 0 Å². The average Bonchev–Trinajstić information content (AvgIpc) is 2.28. The lowest BCUT2D eigenvalue weighted by Crippen LogP contribution is -2.55. The van der Waals surface area contributed by atoms with Gasteiger partial charge in [-0.3, -0.25) is 0 Å². The highest BCUT2D eigenvalue weighted by atomic mass is 16.4. The molecule has 0 radical (unpaired) electrons. The molecule has 0 aromatic rings. The van der Waals surface area contributed by atoms with Gasteiger partial charge < -0.3 is 20.5 Å². The van der Waals surface area contributed by atoms with Crippen LogP contribution >= 0.6 is 0 Å². The zero-order valence-corrected chi connectivity index (χ0v) is 11.4. The molecule has 0 aliphatic heterocycles. The second-order valence-electron chi connectivity index (χ2n) is 5.53. The first-order chi connectivity index (χ1) is 8.41. The van der Waals surface area contributed by atoms with Crippen LogP contribution in [-0.2, 0) is 4.79 Å². The Kier molecular flexibility index (Phi) is 5.44. The molecule has 18 heavy (non-hydrogen) atoms. The summed E-state index contributed by atoms with van der Waals surface area (Å²) in [4.78, 5) is 22.6. The second-order valence-corrected chi connectivity index (χ2v) is 5.53. The van der Waals surface area contributed by atoms with Gasteiger partial charge in [-0.25, -0.2) is 4.79 Å². The predicted octanol–water partition coefficient (Wildman–Crippen LogP) is 0.639. The zero-order chi connectivity index (χ0) is 13.7. The number of aliphatic carboxylic acids is 1. The van der Waals surface area contributed by atoms with Crippen molar-refractivity contribution in [3.63, 3.8) is 0 Å². The van der Waals surface area contributed by atoms with Crippen LogP contribution in [0.25, 0.3) is 0 Å². The molecule has 0 unspecified atom stereocenters. The Bertz CT molecular complexity index is 305. The van der Waals surface area contributed by atoms with Gasteiger partial charge in [-0.2, -0.15) is 0 Å². The molecule has 0 aromatic carbocycles. The Morgan fingerprint density at radius 2 is 1.83 bits per heavy atom. The second kappa shape index (κ2) is 6.61. The van der Waals surface area contributed by atoms with Crippen molar-refractivity contribution in [2.24, 2.45) is 11.8 Å². The normalized spacial score (nSPS) is 25.6. The van der Waals surface area contributed by atoms with Crippen LogP contribution in [0.1, 0.15) is 46.5 Å². The summed E-state index contributed by atoms with van der Waals surface area (Å²) in [5.74, 6) is -0.980. The maximum absolute atomic E-state index is 11.8. The molecule has 1 fully saturated rings. The lowest BCUT2D eigenvalue weighted by Gasteiger charge is -2.31. The summed E-state index contributed by atoms with van der Waals surface area (Å²) >= 11 is 0. The Morgan fingerprint density at radius 1 is 1.22 bits per heavy atom. The van der Waals surface area contributed by atoms with E-state index in [0.717, 1.165) is 19.3 Å². The van der Waals surface area contributed by atoms with E-state index in [2.05, 4.69) is 17.6 Å². The summed E-state index contributed by atoms with van der Waals surface area (Å²) in [5.41, 5.74) is 0. The third-order valence-corrected chi connectivity index (χ3v) is 3.64. The van der Waals surface area contributed by atoms with E-state index in [1.54, 1.807) is 13.8 Å². The number of carbonyl (C=O) groups is 2. The number of carboxylic acids is 1. The number of hydrogen-bond donors (Lipinski definition) is 2. The molecule has 5 heteroatoms. The van der Waals surface area contributed by atoms with Crippen molar-refractivity contribution in [1.29, 1.82) is 0 Å². The van der Waals surface area contributed by atoms with Crippen LogP contribution in [0, 0.1) is 11.8 Å². The van der Waals surface area contributed by atoms with Gasteiger partial charge in [0.05, 0.1) is 12.0 Å². The highest BCUT2D eigenvalue weighted by Gasteiger charge is 2.24. The lowest BCUT2D eigenvalue weighted by atomic mass is 9.86. The van der Waals surface area contributed by atoms with E-state index in [0.29, 0.717) is 5.92 Å². The van der Waals surface area contributed by atoms with E-state index < -0.39 is 18.0 Å². The van der Waals surface area contributed by atoms with Crippen molar-refractivity contribution >= 4 is 12.0 Å². The predicted molar refractivity (Wildman–Crippen MR) is 66.7 cm³/mol. The molecule has 0 heterocycles. The van der Waals surface area contributed by atoms with E-state index in [4.69, 9.17) is 0 Å². The highest BCUT2D eigenvalue weighted by molar-refractivity contribution is 5.81. The number of carboxylic acid groups (broad SMARTS) is 1. The van der Waals surface area contributed by atoms with E-state index in [-0.39, 0.29) is 12.0 Å². The topological polar surface area (TPSA) is 81.3 Å². The third-order valence-electron chi connectivity index (χ3n) is 3.64. The number of rotatable bonds is 4. The SMILES string of the molecule is CC(C)[C@H](NC(=O)N[C@@H]1CCCC[C@@H]1C)C(=O)[O-]. The van der Waals surface area contributed by atoms with Gasteiger partial charge in [0.25, 0.3) is 0 Å². The Hall–Kier alpha value is -1.26. The van der Waals surface area contributed by atoms with E-state index in [9.17, 15) is 14.7 Å². The van der Waals surface area contributed by atoms with E-state index >= 15 is 0 Å². The van der Waals surface area contributed by atoms with Crippen LogP contribution in [0.15, 0.2) is 0 Å².